The van der Waals surface area contributed by atoms with E-state index in [9.17, 15) is 4.79 Å². The minimum Gasteiger partial charge on any atom is -0.283 e. The molecule has 152 valence electrons. The number of hydrogen-bond donors (Lipinski definition) is 0. The van der Waals surface area contributed by atoms with Crippen LogP contribution in [-0.4, -0.2) is 9.55 Å². The minimum atomic E-state index is 0.00611. The summed E-state index contributed by atoms with van der Waals surface area (Å²) >= 11 is 1.62. The van der Waals surface area contributed by atoms with Gasteiger partial charge in [-0.25, -0.2) is 4.98 Å². The molecule has 4 aromatic carbocycles. The second-order valence-corrected chi connectivity index (χ2v) is 8.66. The van der Waals surface area contributed by atoms with Crippen molar-refractivity contribution in [2.45, 2.75) is 24.4 Å². The Morgan fingerprint density at radius 1 is 0.806 bits per heavy atom. The van der Waals surface area contributed by atoms with Crippen LogP contribution in [0.4, 0.5) is 0 Å². The lowest BCUT2D eigenvalue weighted by Crippen LogP contribution is -2.24. The molecule has 0 saturated heterocycles. The summed E-state index contributed by atoms with van der Waals surface area (Å²) in [5, 5.41) is 3.87. The van der Waals surface area contributed by atoms with Gasteiger partial charge in [0.05, 0.1) is 17.4 Å². The van der Waals surface area contributed by atoms with Crippen LogP contribution in [0, 0.1) is 6.92 Å². The van der Waals surface area contributed by atoms with E-state index in [1.165, 1.54) is 21.9 Å². The highest BCUT2D eigenvalue weighted by atomic mass is 32.2. The Labute approximate surface area is 185 Å². The van der Waals surface area contributed by atoms with Gasteiger partial charge in [-0.1, -0.05) is 96.2 Å². The van der Waals surface area contributed by atoms with Crippen LogP contribution in [0.2, 0.25) is 0 Å². The molecule has 4 heteroatoms. The third kappa shape index (κ3) is 3.99. The van der Waals surface area contributed by atoms with Gasteiger partial charge in [0.25, 0.3) is 5.56 Å². The third-order valence-electron chi connectivity index (χ3n) is 5.52. The molecule has 0 fully saturated rings. The van der Waals surface area contributed by atoms with Crippen molar-refractivity contribution < 1.29 is 0 Å². The Balaban J connectivity index is 1.56. The minimum absolute atomic E-state index is 0.00611. The number of para-hydroxylation sites is 1. The van der Waals surface area contributed by atoms with E-state index in [0.29, 0.717) is 11.9 Å². The number of fused-ring (bicyclic) bond motifs is 2. The van der Waals surface area contributed by atoms with Gasteiger partial charge in [0.1, 0.15) is 0 Å². The first-order chi connectivity index (χ1) is 15.2. The van der Waals surface area contributed by atoms with Gasteiger partial charge in [-0.2, -0.15) is 0 Å². The third-order valence-corrected chi connectivity index (χ3v) is 6.55. The topological polar surface area (TPSA) is 34.9 Å². The first-order valence-corrected chi connectivity index (χ1v) is 11.3. The van der Waals surface area contributed by atoms with E-state index in [1.807, 2.05) is 28.8 Å². The number of aromatic nitrogens is 2. The second kappa shape index (κ2) is 8.40. The molecule has 0 N–H and O–H groups in total. The zero-order valence-electron chi connectivity index (χ0n) is 17.3. The molecule has 0 spiro atoms. The molecule has 0 bridgehead atoms. The van der Waals surface area contributed by atoms with Crippen LogP contribution in [0.3, 0.4) is 0 Å². The Hall–Kier alpha value is -3.37. The van der Waals surface area contributed by atoms with Crippen molar-refractivity contribution in [2.24, 2.45) is 0 Å². The molecule has 3 nitrogen and oxygen atoms in total. The van der Waals surface area contributed by atoms with Crippen molar-refractivity contribution in [1.29, 1.82) is 0 Å². The Morgan fingerprint density at radius 2 is 1.52 bits per heavy atom. The predicted molar refractivity (Wildman–Crippen MR) is 130 cm³/mol. The van der Waals surface area contributed by atoms with Gasteiger partial charge >= 0.3 is 0 Å². The summed E-state index contributed by atoms with van der Waals surface area (Å²) in [5.74, 6) is 0.750. The first-order valence-electron chi connectivity index (χ1n) is 10.3. The number of aryl methyl sites for hydroxylation is 1. The van der Waals surface area contributed by atoms with Crippen LogP contribution in [0.25, 0.3) is 21.7 Å². The van der Waals surface area contributed by atoms with Crippen LogP contribution < -0.4 is 5.56 Å². The Bertz CT molecular complexity index is 1430. The van der Waals surface area contributed by atoms with Crippen molar-refractivity contribution in [2.75, 3.05) is 0 Å². The average molecular weight is 423 g/mol. The van der Waals surface area contributed by atoms with Gasteiger partial charge in [-0.05, 0) is 41.0 Å². The lowest BCUT2D eigenvalue weighted by atomic mass is 10.1. The highest BCUT2D eigenvalue weighted by Crippen LogP contribution is 2.27. The molecule has 0 unspecified atom stereocenters. The fourth-order valence-corrected chi connectivity index (χ4v) is 4.84. The van der Waals surface area contributed by atoms with Crippen LogP contribution in [0.5, 0.6) is 0 Å². The standard InChI is InChI=1S/C27H22N2OS/c1-19-13-15-20(16-14-19)17-29-26(30)24-11-4-5-12-25(24)28-27(29)31-18-22-9-6-8-21-7-2-3-10-23(21)22/h2-16H,17-18H2,1H3. The summed E-state index contributed by atoms with van der Waals surface area (Å²) in [6.07, 6.45) is 0. The molecule has 31 heavy (non-hydrogen) atoms. The van der Waals surface area contributed by atoms with E-state index in [2.05, 4.69) is 73.7 Å². The van der Waals surface area contributed by atoms with E-state index in [-0.39, 0.29) is 5.56 Å². The zero-order chi connectivity index (χ0) is 21.2. The molecule has 0 aliphatic rings. The monoisotopic (exact) mass is 422 g/mol. The maximum atomic E-state index is 13.4. The number of hydrogen-bond acceptors (Lipinski definition) is 3. The quantitative estimate of drug-likeness (QED) is 0.250. The van der Waals surface area contributed by atoms with E-state index < -0.39 is 0 Å². The van der Waals surface area contributed by atoms with Crippen molar-refractivity contribution in [3.63, 3.8) is 0 Å². The van der Waals surface area contributed by atoms with Gasteiger partial charge in [0, 0.05) is 5.75 Å². The predicted octanol–water partition coefficient (Wildman–Crippen LogP) is 6.20. The highest BCUT2D eigenvalue weighted by molar-refractivity contribution is 7.98. The highest BCUT2D eigenvalue weighted by Gasteiger charge is 2.13. The fraction of sp³-hybridized carbons (Fsp3) is 0.111. The van der Waals surface area contributed by atoms with Crippen molar-refractivity contribution in [3.05, 3.63) is 118 Å². The summed E-state index contributed by atoms with van der Waals surface area (Å²) in [7, 11) is 0. The van der Waals surface area contributed by atoms with Crippen LogP contribution in [0.1, 0.15) is 16.7 Å². The summed E-state index contributed by atoms with van der Waals surface area (Å²) in [6.45, 7) is 2.58. The van der Waals surface area contributed by atoms with Crippen molar-refractivity contribution in [1.82, 2.24) is 9.55 Å². The van der Waals surface area contributed by atoms with E-state index >= 15 is 0 Å². The smallest absolute Gasteiger partial charge is 0.262 e. The lowest BCUT2D eigenvalue weighted by Gasteiger charge is -2.14. The van der Waals surface area contributed by atoms with E-state index in [1.54, 1.807) is 11.8 Å². The van der Waals surface area contributed by atoms with E-state index in [0.717, 1.165) is 22.0 Å². The molecular weight excluding hydrogens is 400 g/mol. The van der Waals surface area contributed by atoms with Gasteiger partial charge in [-0.15, -0.1) is 0 Å². The van der Waals surface area contributed by atoms with Crippen molar-refractivity contribution >= 4 is 33.4 Å². The maximum Gasteiger partial charge on any atom is 0.262 e. The molecule has 1 heterocycles. The van der Waals surface area contributed by atoms with Gasteiger partial charge in [0.2, 0.25) is 0 Å². The molecule has 5 aromatic rings. The number of nitrogens with zero attached hydrogens (tertiary/aromatic N) is 2. The second-order valence-electron chi connectivity index (χ2n) is 7.72. The van der Waals surface area contributed by atoms with Gasteiger partial charge in [-0.3, -0.25) is 9.36 Å². The SMILES string of the molecule is Cc1ccc(Cn2c(SCc3cccc4ccccc34)nc3ccccc3c2=O)cc1. The molecule has 0 radical (unpaired) electrons. The molecule has 1 aromatic heterocycles. The van der Waals surface area contributed by atoms with Gasteiger partial charge < -0.3 is 0 Å². The molecular formula is C27H22N2OS. The molecule has 0 aliphatic carbocycles. The number of thioether (sulfide) groups is 1. The maximum absolute atomic E-state index is 13.4. The lowest BCUT2D eigenvalue weighted by molar-refractivity contribution is 0.658. The Kier molecular flexibility index (Phi) is 5.31. The summed E-state index contributed by atoms with van der Waals surface area (Å²) < 4.78 is 1.81. The van der Waals surface area contributed by atoms with Gasteiger partial charge in [0.15, 0.2) is 5.16 Å². The van der Waals surface area contributed by atoms with Crippen LogP contribution in [-0.2, 0) is 12.3 Å². The summed E-state index contributed by atoms with van der Waals surface area (Å²) in [4.78, 5) is 18.2. The Morgan fingerprint density at radius 3 is 2.35 bits per heavy atom. The van der Waals surface area contributed by atoms with E-state index in [4.69, 9.17) is 4.98 Å². The summed E-state index contributed by atoms with van der Waals surface area (Å²) in [6, 6.07) is 30.7. The molecule has 0 saturated carbocycles. The number of benzene rings is 4. The van der Waals surface area contributed by atoms with Crippen LogP contribution in [0.15, 0.2) is 101 Å². The fourth-order valence-electron chi connectivity index (χ4n) is 3.83. The molecule has 0 aliphatic heterocycles. The molecule has 5 rings (SSSR count). The largest absolute Gasteiger partial charge is 0.283 e. The molecule has 0 amide bonds. The normalized spacial score (nSPS) is 11.3. The molecule has 0 atom stereocenters. The zero-order valence-corrected chi connectivity index (χ0v) is 18.1. The van der Waals surface area contributed by atoms with Crippen LogP contribution >= 0.6 is 11.8 Å². The first kappa shape index (κ1) is 19.6. The average Bonchev–Trinajstić information content (AvgIpc) is 2.81. The summed E-state index contributed by atoms with van der Waals surface area (Å²) in [5.41, 5.74) is 4.29. The number of rotatable bonds is 5. The van der Waals surface area contributed by atoms with Crippen molar-refractivity contribution in [3.8, 4) is 0 Å².